The van der Waals surface area contributed by atoms with E-state index in [2.05, 4.69) is 10.6 Å². The molecular weight excluding hydrogens is 154 g/mol. The molecule has 1 fully saturated rings. The largest absolute Gasteiger partial charge is 0.338 e. The highest BCUT2D eigenvalue weighted by atomic mass is 16.2. The lowest BCUT2D eigenvalue weighted by atomic mass is 10.3. The molecule has 4 nitrogen and oxygen atoms in total. The van der Waals surface area contributed by atoms with Gasteiger partial charge >= 0.3 is 6.03 Å². The van der Waals surface area contributed by atoms with E-state index in [0.29, 0.717) is 6.54 Å². The van der Waals surface area contributed by atoms with Crippen molar-refractivity contribution in [3.05, 3.63) is 0 Å². The summed E-state index contributed by atoms with van der Waals surface area (Å²) in [5.74, 6) is 0. The Morgan fingerprint density at radius 1 is 1.58 bits per heavy atom. The first kappa shape index (κ1) is 9.32. The molecule has 1 aliphatic rings. The van der Waals surface area contributed by atoms with Crippen molar-refractivity contribution >= 4 is 6.03 Å². The Morgan fingerprint density at radius 2 is 2.25 bits per heavy atom. The fourth-order valence-electron chi connectivity index (χ4n) is 1.05. The van der Waals surface area contributed by atoms with Crippen molar-refractivity contribution in [3.8, 4) is 0 Å². The van der Waals surface area contributed by atoms with E-state index in [4.69, 9.17) is 5.73 Å². The predicted octanol–water partition coefficient (Wildman–Crippen LogP) is 0.187. The molecule has 0 aromatic heterocycles. The molecule has 1 rings (SSSR count). The maximum absolute atomic E-state index is 11.1. The lowest BCUT2D eigenvalue weighted by Crippen LogP contribution is -2.47. The fraction of sp³-hybridized carbons (Fsp3) is 0.875. The topological polar surface area (TPSA) is 67.2 Å². The van der Waals surface area contributed by atoms with Crippen LogP contribution in [0.25, 0.3) is 0 Å². The fourth-order valence-corrected chi connectivity index (χ4v) is 1.05. The highest BCUT2D eigenvalue weighted by Gasteiger charge is 2.42. The average Bonchev–Trinajstić information content (AvgIpc) is 2.82. The van der Waals surface area contributed by atoms with E-state index in [-0.39, 0.29) is 11.6 Å². The Labute approximate surface area is 72.9 Å². The summed E-state index contributed by atoms with van der Waals surface area (Å²) in [6, 6.07) is -0.0835. The highest BCUT2D eigenvalue weighted by molar-refractivity contribution is 5.75. The first-order valence-electron chi connectivity index (χ1n) is 4.48. The zero-order valence-corrected chi connectivity index (χ0v) is 7.52. The van der Waals surface area contributed by atoms with Gasteiger partial charge in [-0.3, -0.25) is 0 Å². The molecule has 0 aromatic carbocycles. The van der Waals surface area contributed by atoms with E-state index < -0.39 is 0 Å². The summed E-state index contributed by atoms with van der Waals surface area (Å²) in [4.78, 5) is 11.1. The first-order chi connectivity index (χ1) is 5.72. The molecule has 2 amide bonds. The van der Waals surface area contributed by atoms with Gasteiger partial charge in [0.05, 0.1) is 5.54 Å². The number of amides is 2. The summed E-state index contributed by atoms with van der Waals surface area (Å²) < 4.78 is 0. The quantitative estimate of drug-likeness (QED) is 0.565. The first-order valence-corrected chi connectivity index (χ1v) is 4.48. The second-order valence-electron chi connectivity index (χ2n) is 3.37. The normalized spacial score (nSPS) is 18.5. The van der Waals surface area contributed by atoms with Crippen LogP contribution in [-0.2, 0) is 0 Å². The maximum Gasteiger partial charge on any atom is 0.315 e. The summed E-state index contributed by atoms with van der Waals surface area (Å²) >= 11 is 0. The van der Waals surface area contributed by atoms with Gasteiger partial charge in [0.25, 0.3) is 0 Å². The van der Waals surface area contributed by atoms with Crippen LogP contribution < -0.4 is 16.4 Å². The van der Waals surface area contributed by atoms with Crippen LogP contribution in [0.5, 0.6) is 0 Å². The van der Waals surface area contributed by atoms with Crippen molar-refractivity contribution in [2.24, 2.45) is 5.73 Å². The molecule has 0 bridgehead atoms. The summed E-state index contributed by atoms with van der Waals surface area (Å²) in [6.45, 7) is 3.30. The van der Waals surface area contributed by atoms with Gasteiger partial charge in [0.2, 0.25) is 0 Å². The van der Waals surface area contributed by atoms with Crippen LogP contribution in [0.15, 0.2) is 0 Å². The van der Waals surface area contributed by atoms with Crippen molar-refractivity contribution in [3.63, 3.8) is 0 Å². The highest BCUT2D eigenvalue weighted by Crippen LogP contribution is 2.33. The van der Waals surface area contributed by atoms with Crippen molar-refractivity contribution in [1.29, 1.82) is 0 Å². The molecule has 0 radical (unpaired) electrons. The van der Waals surface area contributed by atoms with Gasteiger partial charge in [0.15, 0.2) is 0 Å². The van der Waals surface area contributed by atoms with Crippen LogP contribution in [0.2, 0.25) is 0 Å². The number of carbonyl (C=O) groups is 1. The zero-order valence-electron chi connectivity index (χ0n) is 7.52. The van der Waals surface area contributed by atoms with Crippen molar-refractivity contribution < 1.29 is 4.79 Å². The molecule has 4 N–H and O–H groups in total. The van der Waals surface area contributed by atoms with Gasteiger partial charge in [0.1, 0.15) is 0 Å². The van der Waals surface area contributed by atoms with E-state index in [0.717, 1.165) is 25.8 Å². The monoisotopic (exact) mass is 171 g/mol. The van der Waals surface area contributed by atoms with Crippen LogP contribution in [0, 0.1) is 0 Å². The molecule has 4 heteroatoms. The number of nitrogens with two attached hydrogens (primary N) is 1. The predicted molar refractivity (Wildman–Crippen MR) is 47.8 cm³/mol. The molecule has 0 atom stereocenters. The van der Waals surface area contributed by atoms with E-state index in [9.17, 15) is 4.79 Å². The molecule has 0 aliphatic heterocycles. The van der Waals surface area contributed by atoms with Crippen molar-refractivity contribution in [1.82, 2.24) is 10.6 Å². The average molecular weight is 171 g/mol. The Bertz CT molecular complexity index is 166. The molecule has 1 saturated carbocycles. The number of carbonyl (C=O) groups excluding carboxylic acids is 1. The molecule has 0 unspecified atom stereocenters. The Kier molecular flexibility index (Phi) is 2.92. The SMILES string of the molecule is CCCNC(=O)NC1(CN)CC1. The van der Waals surface area contributed by atoms with E-state index in [1.165, 1.54) is 0 Å². The Morgan fingerprint density at radius 3 is 2.67 bits per heavy atom. The summed E-state index contributed by atoms with van der Waals surface area (Å²) in [7, 11) is 0. The van der Waals surface area contributed by atoms with Crippen molar-refractivity contribution in [2.45, 2.75) is 31.7 Å². The molecule has 70 valence electrons. The third-order valence-corrected chi connectivity index (χ3v) is 2.16. The molecule has 1 aliphatic carbocycles. The molecule has 12 heavy (non-hydrogen) atoms. The third-order valence-electron chi connectivity index (χ3n) is 2.16. The Hall–Kier alpha value is -0.770. The van der Waals surface area contributed by atoms with Crippen molar-refractivity contribution in [2.75, 3.05) is 13.1 Å². The number of rotatable bonds is 4. The summed E-state index contributed by atoms with van der Waals surface area (Å²) in [6.07, 6.45) is 3.00. The van der Waals surface area contributed by atoms with Crippen LogP contribution in [0.3, 0.4) is 0 Å². The van der Waals surface area contributed by atoms with Gasteiger partial charge in [-0.2, -0.15) is 0 Å². The van der Waals surface area contributed by atoms with Crippen LogP contribution >= 0.6 is 0 Å². The standard InChI is InChI=1S/C8H17N3O/c1-2-5-10-7(12)11-8(6-9)3-4-8/h2-6,9H2,1H3,(H2,10,11,12). The summed E-state index contributed by atoms with van der Waals surface area (Å²) in [5.41, 5.74) is 5.43. The van der Waals surface area contributed by atoms with E-state index >= 15 is 0 Å². The lowest BCUT2D eigenvalue weighted by Gasteiger charge is -2.14. The number of urea groups is 1. The molecule has 0 heterocycles. The second-order valence-corrected chi connectivity index (χ2v) is 3.37. The minimum atomic E-state index is -0.0835. The van der Waals surface area contributed by atoms with Crippen LogP contribution in [0.4, 0.5) is 4.79 Å². The van der Waals surface area contributed by atoms with E-state index in [1.54, 1.807) is 0 Å². The summed E-state index contributed by atoms with van der Waals surface area (Å²) in [5, 5.41) is 5.63. The van der Waals surface area contributed by atoms with Crippen LogP contribution in [-0.4, -0.2) is 24.7 Å². The Balaban J connectivity index is 2.17. The molecule has 0 spiro atoms. The zero-order chi connectivity index (χ0) is 9.03. The van der Waals surface area contributed by atoms with E-state index in [1.807, 2.05) is 6.92 Å². The number of hydrogen-bond acceptors (Lipinski definition) is 2. The van der Waals surface area contributed by atoms with Gasteiger partial charge in [-0.15, -0.1) is 0 Å². The second kappa shape index (κ2) is 3.76. The minimum Gasteiger partial charge on any atom is -0.338 e. The number of nitrogens with one attached hydrogen (secondary N) is 2. The minimum absolute atomic E-state index is 0.0716. The third kappa shape index (κ3) is 2.37. The molecular formula is C8H17N3O. The van der Waals surface area contributed by atoms with Crippen LogP contribution in [0.1, 0.15) is 26.2 Å². The lowest BCUT2D eigenvalue weighted by molar-refractivity contribution is 0.236. The van der Waals surface area contributed by atoms with Gasteiger partial charge in [-0.25, -0.2) is 4.79 Å². The number of hydrogen-bond donors (Lipinski definition) is 3. The maximum atomic E-state index is 11.1. The smallest absolute Gasteiger partial charge is 0.315 e. The molecule has 0 saturated heterocycles. The van der Waals surface area contributed by atoms with Gasteiger partial charge in [-0.05, 0) is 19.3 Å². The molecule has 0 aromatic rings. The van der Waals surface area contributed by atoms with Gasteiger partial charge in [-0.1, -0.05) is 6.92 Å². The van der Waals surface area contributed by atoms with Gasteiger partial charge < -0.3 is 16.4 Å². The van der Waals surface area contributed by atoms with Gasteiger partial charge in [0, 0.05) is 13.1 Å².